The Kier molecular flexibility index (Phi) is 3.68. The Bertz CT molecular complexity index is 536. The highest BCUT2D eigenvalue weighted by atomic mass is 32.2. The SMILES string of the molecule is CCOC(=O)c1cccc2cnc(SCC)n12. The van der Waals surface area contributed by atoms with Crippen molar-refractivity contribution in [2.45, 2.75) is 19.0 Å². The first-order valence-corrected chi connectivity index (χ1v) is 6.52. The average molecular weight is 250 g/mol. The normalized spacial score (nSPS) is 10.7. The van der Waals surface area contributed by atoms with Gasteiger partial charge in [-0.05, 0) is 24.8 Å². The lowest BCUT2D eigenvalue weighted by Gasteiger charge is -2.07. The number of carbonyl (C=O) groups is 1. The van der Waals surface area contributed by atoms with Gasteiger partial charge in [-0.1, -0.05) is 24.8 Å². The van der Waals surface area contributed by atoms with Crippen molar-refractivity contribution in [1.82, 2.24) is 9.38 Å². The van der Waals surface area contributed by atoms with Crippen molar-refractivity contribution in [3.8, 4) is 0 Å². The van der Waals surface area contributed by atoms with Gasteiger partial charge in [0.1, 0.15) is 5.69 Å². The molecule has 0 aliphatic rings. The highest BCUT2D eigenvalue weighted by Crippen LogP contribution is 2.20. The summed E-state index contributed by atoms with van der Waals surface area (Å²) in [5.74, 6) is 0.602. The average Bonchev–Trinajstić information content (AvgIpc) is 2.73. The van der Waals surface area contributed by atoms with Crippen molar-refractivity contribution in [3.05, 3.63) is 30.1 Å². The van der Waals surface area contributed by atoms with Crippen LogP contribution in [0.15, 0.2) is 29.6 Å². The molecule has 0 saturated heterocycles. The zero-order valence-electron chi connectivity index (χ0n) is 9.84. The zero-order valence-corrected chi connectivity index (χ0v) is 10.7. The number of thioether (sulfide) groups is 1. The summed E-state index contributed by atoms with van der Waals surface area (Å²) in [4.78, 5) is 16.1. The number of nitrogens with zero attached hydrogens (tertiary/aromatic N) is 2. The molecule has 0 aromatic carbocycles. The fourth-order valence-corrected chi connectivity index (χ4v) is 2.33. The molecular formula is C12H14N2O2S. The monoisotopic (exact) mass is 250 g/mol. The third-order valence-electron chi connectivity index (χ3n) is 2.28. The van der Waals surface area contributed by atoms with Crippen LogP contribution < -0.4 is 0 Å². The fraction of sp³-hybridized carbons (Fsp3) is 0.333. The molecule has 2 aromatic rings. The van der Waals surface area contributed by atoms with Gasteiger partial charge in [0.05, 0.1) is 18.3 Å². The predicted molar refractivity (Wildman–Crippen MR) is 67.5 cm³/mol. The van der Waals surface area contributed by atoms with Gasteiger partial charge >= 0.3 is 5.97 Å². The number of carbonyl (C=O) groups excluding carboxylic acids is 1. The molecule has 0 radical (unpaired) electrons. The Morgan fingerprint density at radius 3 is 3.00 bits per heavy atom. The van der Waals surface area contributed by atoms with Gasteiger partial charge in [-0.15, -0.1) is 0 Å². The van der Waals surface area contributed by atoms with Crippen LogP contribution in [0.25, 0.3) is 5.52 Å². The van der Waals surface area contributed by atoms with Gasteiger partial charge in [-0.25, -0.2) is 9.78 Å². The second-order valence-corrected chi connectivity index (χ2v) is 4.60. The fourth-order valence-electron chi connectivity index (χ4n) is 1.61. The first kappa shape index (κ1) is 12.0. The molecule has 0 atom stereocenters. The van der Waals surface area contributed by atoms with Crippen molar-refractivity contribution in [1.29, 1.82) is 0 Å². The third kappa shape index (κ3) is 2.29. The summed E-state index contributed by atoms with van der Waals surface area (Å²) in [6.45, 7) is 4.23. The maximum atomic E-state index is 11.8. The van der Waals surface area contributed by atoms with E-state index in [2.05, 4.69) is 11.9 Å². The van der Waals surface area contributed by atoms with E-state index >= 15 is 0 Å². The van der Waals surface area contributed by atoms with Crippen molar-refractivity contribution < 1.29 is 9.53 Å². The molecule has 0 saturated carbocycles. The van der Waals surface area contributed by atoms with Crippen LogP contribution in [-0.4, -0.2) is 27.7 Å². The maximum Gasteiger partial charge on any atom is 0.355 e. The Morgan fingerprint density at radius 2 is 2.29 bits per heavy atom. The molecule has 0 N–H and O–H groups in total. The molecule has 0 unspecified atom stereocenters. The molecule has 90 valence electrons. The van der Waals surface area contributed by atoms with Crippen LogP contribution in [0.2, 0.25) is 0 Å². The maximum absolute atomic E-state index is 11.8. The lowest BCUT2D eigenvalue weighted by atomic mass is 10.3. The molecule has 5 heteroatoms. The highest BCUT2D eigenvalue weighted by molar-refractivity contribution is 7.99. The minimum atomic E-state index is -0.311. The summed E-state index contributed by atoms with van der Waals surface area (Å²) in [5, 5.41) is 0.825. The number of hydrogen-bond donors (Lipinski definition) is 0. The smallest absolute Gasteiger partial charge is 0.355 e. The number of rotatable bonds is 4. The van der Waals surface area contributed by atoms with Crippen molar-refractivity contribution in [2.24, 2.45) is 0 Å². The summed E-state index contributed by atoms with van der Waals surface area (Å²) in [5.41, 5.74) is 1.43. The Hall–Kier alpha value is -1.49. The molecule has 0 spiro atoms. The number of fused-ring (bicyclic) bond motifs is 1. The van der Waals surface area contributed by atoms with Crippen molar-refractivity contribution in [2.75, 3.05) is 12.4 Å². The number of ether oxygens (including phenoxy) is 1. The van der Waals surface area contributed by atoms with Crippen LogP contribution in [0.3, 0.4) is 0 Å². The van der Waals surface area contributed by atoms with E-state index in [4.69, 9.17) is 4.74 Å². The van der Waals surface area contributed by atoms with Gasteiger partial charge in [-0.3, -0.25) is 4.40 Å². The highest BCUT2D eigenvalue weighted by Gasteiger charge is 2.14. The molecule has 0 bridgehead atoms. The quantitative estimate of drug-likeness (QED) is 0.618. The molecule has 4 nitrogen and oxygen atoms in total. The zero-order chi connectivity index (χ0) is 12.3. The minimum absolute atomic E-state index is 0.311. The van der Waals surface area contributed by atoms with Gasteiger partial charge < -0.3 is 4.74 Å². The van der Waals surface area contributed by atoms with Crippen LogP contribution in [0.5, 0.6) is 0 Å². The first-order chi connectivity index (χ1) is 8.27. The molecule has 0 aliphatic heterocycles. The molecule has 17 heavy (non-hydrogen) atoms. The Morgan fingerprint density at radius 1 is 1.47 bits per heavy atom. The second-order valence-electron chi connectivity index (χ2n) is 3.37. The van der Waals surface area contributed by atoms with Crippen LogP contribution in [0.4, 0.5) is 0 Å². The number of imidazole rings is 1. The van der Waals surface area contributed by atoms with E-state index in [0.717, 1.165) is 16.4 Å². The largest absolute Gasteiger partial charge is 0.461 e. The van der Waals surface area contributed by atoms with Crippen LogP contribution >= 0.6 is 11.8 Å². The van der Waals surface area contributed by atoms with Gasteiger partial charge in [0.25, 0.3) is 0 Å². The molecule has 2 rings (SSSR count). The molecular weight excluding hydrogens is 236 g/mol. The van der Waals surface area contributed by atoms with E-state index in [1.807, 2.05) is 16.5 Å². The predicted octanol–water partition coefficient (Wildman–Crippen LogP) is 2.62. The molecule has 2 aromatic heterocycles. The van der Waals surface area contributed by atoms with E-state index in [1.165, 1.54) is 0 Å². The third-order valence-corrected chi connectivity index (χ3v) is 3.11. The number of pyridine rings is 1. The summed E-state index contributed by atoms with van der Waals surface area (Å²) in [6, 6.07) is 5.52. The second kappa shape index (κ2) is 5.23. The first-order valence-electron chi connectivity index (χ1n) is 5.54. The van der Waals surface area contributed by atoms with E-state index in [9.17, 15) is 4.79 Å². The molecule has 0 aliphatic carbocycles. The summed E-state index contributed by atoms with van der Waals surface area (Å²) in [6.07, 6.45) is 1.76. The minimum Gasteiger partial charge on any atom is -0.461 e. The molecule has 0 amide bonds. The van der Waals surface area contributed by atoms with Crippen molar-refractivity contribution in [3.63, 3.8) is 0 Å². The Balaban J connectivity index is 2.53. The van der Waals surface area contributed by atoms with Crippen LogP contribution in [0.1, 0.15) is 24.3 Å². The van der Waals surface area contributed by atoms with E-state index < -0.39 is 0 Å². The number of esters is 1. The summed E-state index contributed by atoms with van der Waals surface area (Å²) < 4.78 is 6.88. The number of hydrogen-bond acceptors (Lipinski definition) is 4. The summed E-state index contributed by atoms with van der Waals surface area (Å²) in [7, 11) is 0. The van der Waals surface area contributed by atoms with Gasteiger partial charge in [0, 0.05) is 0 Å². The van der Waals surface area contributed by atoms with Crippen molar-refractivity contribution >= 4 is 23.2 Å². The van der Waals surface area contributed by atoms with Crippen LogP contribution in [-0.2, 0) is 4.74 Å². The standard InChI is InChI=1S/C12H14N2O2S/c1-3-16-11(15)10-7-5-6-9-8-13-12(14(9)10)17-4-2/h5-8H,3-4H2,1-2H3. The molecule has 2 heterocycles. The lowest BCUT2D eigenvalue weighted by Crippen LogP contribution is -2.10. The topological polar surface area (TPSA) is 43.6 Å². The van der Waals surface area contributed by atoms with E-state index in [-0.39, 0.29) is 5.97 Å². The number of aromatic nitrogens is 2. The Labute approximate surface area is 104 Å². The molecule has 0 fully saturated rings. The van der Waals surface area contributed by atoms with E-state index in [0.29, 0.717) is 12.3 Å². The van der Waals surface area contributed by atoms with Crippen LogP contribution in [0, 0.1) is 0 Å². The lowest BCUT2D eigenvalue weighted by molar-refractivity contribution is 0.0516. The van der Waals surface area contributed by atoms with Gasteiger partial charge in [-0.2, -0.15) is 0 Å². The van der Waals surface area contributed by atoms with E-state index in [1.54, 1.807) is 30.9 Å². The van der Waals surface area contributed by atoms with Gasteiger partial charge in [0.15, 0.2) is 5.16 Å². The summed E-state index contributed by atoms with van der Waals surface area (Å²) >= 11 is 1.61. The van der Waals surface area contributed by atoms with Gasteiger partial charge in [0.2, 0.25) is 0 Å².